The molecule has 1 aliphatic carbocycles. The molecule has 2 heteroatoms. The highest BCUT2D eigenvalue weighted by Crippen LogP contribution is 2.42. The van der Waals surface area contributed by atoms with Crippen LogP contribution in [0.4, 0.5) is 0 Å². The molecule has 0 bridgehead atoms. The highest BCUT2D eigenvalue weighted by molar-refractivity contribution is 4.91. The van der Waals surface area contributed by atoms with Gasteiger partial charge in [0.05, 0.1) is 12.2 Å². The molecular formula is C12H22O2. The normalized spacial score (nSPS) is 41.4. The van der Waals surface area contributed by atoms with Crippen molar-refractivity contribution in [2.75, 3.05) is 0 Å². The van der Waals surface area contributed by atoms with E-state index >= 15 is 0 Å². The van der Waals surface area contributed by atoms with E-state index in [0.29, 0.717) is 24.0 Å². The van der Waals surface area contributed by atoms with Crippen molar-refractivity contribution >= 4 is 0 Å². The van der Waals surface area contributed by atoms with Gasteiger partial charge in [0.25, 0.3) is 0 Å². The Morgan fingerprint density at radius 2 is 1.86 bits per heavy atom. The van der Waals surface area contributed by atoms with Crippen LogP contribution in [-0.2, 0) is 9.47 Å². The van der Waals surface area contributed by atoms with Crippen molar-refractivity contribution in [2.45, 2.75) is 65.0 Å². The van der Waals surface area contributed by atoms with Crippen LogP contribution in [0.3, 0.4) is 0 Å². The van der Waals surface area contributed by atoms with Crippen LogP contribution in [-0.4, -0.2) is 18.0 Å². The van der Waals surface area contributed by atoms with Gasteiger partial charge in [-0.1, -0.05) is 20.3 Å². The number of hydrogen-bond acceptors (Lipinski definition) is 2. The zero-order valence-corrected chi connectivity index (χ0v) is 9.75. The predicted molar refractivity (Wildman–Crippen MR) is 56.0 cm³/mol. The summed E-state index contributed by atoms with van der Waals surface area (Å²) in [6.07, 6.45) is 4.48. The van der Waals surface area contributed by atoms with Gasteiger partial charge in [-0.15, -0.1) is 0 Å². The standard InChI is InChI=1S/C12H22O2/c1-8(2)9-6-5-7-10-11(9)14-12(3,4)13-10/h8-11H,5-7H2,1-4H3/t9-,10+,11-/m1/s1. The van der Waals surface area contributed by atoms with Gasteiger partial charge in [-0.3, -0.25) is 0 Å². The Hall–Kier alpha value is -0.0800. The topological polar surface area (TPSA) is 18.5 Å². The molecule has 2 fully saturated rings. The molecule has 0 aromatic heterocycles. The van der Waals surface area contributed by atoms with Crippen LogP contribution in [0.2, 0.25) is 0 Å². The lowest BCUT2D eigenvalue weighted by Gasteiger charge is -2.33. The molecule has 2 rings (SSSR count). The summed E-state index contributed by atoms with van der Waals surface area (Å²) in [7, 11) is 0. The lowest BCUT2D eigenvalue weighted by atomic mass is 9.78. The second-order valence-corrected chi connectivity index (χ2v) is 5.48. The molecule has 1 aliphatic heterocycles. The Morgan fingerprint density at radius 1 is 1.14 bits per heavy atom. The summed E-state index contributed by atoms with van der Waals surface area (Å²) in [6.45, 7) is 8.65. The van der Waals surface area contributed by atoms with Crippen molar-refractivity contribution in [3.63, 3.8) is 0 Å². The van der Waals surface area contributed by atoms with Crippen molar-refractivity contribution in [2.24, 2.45) is 11.8 Å². The van der Waals surface area contributed by atoms with Crippen molar-refractivity contribution in [1.29, 1.82) is 0 Å². The molecule has 0 spiro atoms. The lowest BCUT2D eigenvalue weighted by molar-refractivity contribution is -0.150. The molecule has 0 aromatic rings. The molecule has 0 aromatic carbocycles. The zero-order chi connectivity index (χ0) is 10.3. The number of hydrogen-bond donors (Lipinski definition) is 0. The van der Waals surface area contributed by atoms with Gasteiger partial charge >= 0.3 is 0 Å². The van der Waals surface area contributed by atoms with Crippen molar-refractivity contribution in [3.05, 3.63) is 0 Å². The molecule has 0 amide bonds. The van der Waals surface area contributed by atoms with E-state index in [2.05, 4.69) is 13.8 Å². The minimum atomic E-state index is -0.354. The second-order valence-electron chi connectivity index (χ2n) is 5.48. The molecule has 82 valence electrons. The SMILES string of the molecule is CC(C)[C@H]1CCC[C@@H]2OC(C)(C)O[C@@H]21. The van der Waals surface area contributed by atoms with Crippen molar-refractivity contribution in [3.8, 4) is 0 Å². The highest BCUT2D eigenvalue weighted by atomic mass is 16.8. The van der Waals surface area contributed by atoms with Gasteiger partial charge in [-0.2, -0.15) is 0 Å². The van der Waals surface area contributed by atoms with E-state index < -0.39 is 0 Å². The third-order valence-corrected chi connectivity index (χ3v) is 3.53. The maximum atomic E-state index is 6.00. The van der Waals surface area contributed by atoms with E-state index in [-0.39, 0.29) is 5.79 Å². The third-order valence-electron chi connectivity index (χ3n) is 3.53. The average molecular weight is 198 g/mol. The molecule has 0 radical (unpaired) electrons. The van der Waals surface area contributed by atoms with Gasteiger partial charge in [-0.25, -0.2) is 0 Å². The Balaban J connectivity index is 2.10. The van der Waals surface area contributed by atoms with E-state index in [4.69, 9.17) is 9.47 Å². The van der Waals surface area contributed by atoms with E-state index in [1.807, 2.05) is 13.8 Å². The molecule has 14 heavy (non-hydrogen) atoms. The zero-order valence-electron chi connectivity index (χ0n) is 9.75. The van der Waals surface area contributed by atoms with E-state index in [0.717, 1.165) is 0 Å². The summed E-state index contributed by atoms with van der Waals surface area (Å²) in [5, 5.41) is 0. The number of fused-ring (bicyclic) bond motifs is 1. The molecule has 2 aliphatic rings. The maximum Gasteiger partial charge on any atom is 0.163 e. The van der Waals surface area contributed by atoms with Crippen LogP contribution >= 0.6 is 0 Å². The van der Waals surface area contributed by atoms with Gasteiger partial charge < -0.3 is 9.47 Å². The fourth-order valence-corrected chi connectivity index (χ4v) is 2.88. The fourth-order valence-electron chi connectivity index (χ4n) is 2.88. The summed E-state index contributed by atoms with van der Waals surface area (Å²) >= 11 is 0. The first kappa shape index (κ1) is 10.4. The largest absolute Gasteiger partial charge is 0.345 e. The number of rotatable bonds is 1. The van der Waals surface area contributed by atoms with E-state index in [1.165, 1.54) is 19.3 Å². The van der Waals surface area contributed by atoms with Gasteiger partial charge in [-0.05, 0) is 38.5 Å². The quantitative estimate of drug-likeness (QED) is 0.645. The predicted octanol–water partition coefficient (Wildman–Crippen LogP) is 2.96. The Bertz CT molecular complexity index is 210. The first-order chi connectivity index (χ1) is 6.49. The maximum absolute atomic E-state index is 6.00. The highest BCUT2D eigenvalue weighted by Gasteiger charge is 2.47. The molecule has 1 heterocycles. The number of ether oxygens (including phenoxy) is 2. The second kappa shape index (κ2) is 3.49. The Labute approximate surface area is 87.0 Å². The van der Waals surface area contributed by atoms with E-state index in [1.54, 1.807) is 0 Å². The Morgan fingerprint density at radius 3 is 2.50 bits per heavy atom. The molecular weight excluding hydrogens is 176 g/mol. The van der Waals surface area contributed by atoms with Gasteiger partial charge in [0.2, 0.25) is 0 Å². The van der Waals surface area contributed by atoms with Crippen molar-refractivity contribution < 1.29 is 9.47 Å². The van der Waals surface area contributed by atoms with Crippen LogP contribution in [0.25, 0.3) is 0 Å². The summed E-state index contributed by atoms with van der Waals surface area (Å²) in [6, 6.07) is 0. The summed E-state index contributed by atoms with van der Waals surface area (Å²) < 4.78 is 11.9. The first-order valence-corrected chi connectivity index (χ1v) is 5.85. The first-order valence-electron chi connectivity index (χ1n) is 5.85. The summed E-state index contributed by atoms with van der Waals surface area (Å²) in [5.74, 6) is 1.04. The molecule has 2 nitrogen and oxygen atoms in total. The van der Waals surface area contributed by atoms with Gasteiger partial charge in [0.1, 0.15) is 0 Å². The fraction of sp³-hybridized carbons (Fsp3) is 1.00. The molecule has 1 saturated carbocycles. The molecule has 1 saturated heterocycles. The Kier molecular flexibility index (Phi) is 2.61. The lowest BCUT2D eigenvalue weighted by Crippen LogP contribution is -2.37. The van der Waals surface area contributed by atoms with Crippen molar-refractivity contribution in [1.82, 2.24) is 0 Å². The van der Waals surface area contributed by atoms with Crippen LogP contribution in [0.1, 0.15) is 47.0 Å². The molecule has 3 atom stereocenters. The summed E-state index contributed by atoms with van der Waals surface area (Å²) in [4.78, 5) is 0. The van der Waals surface area contributed by atoms with Gasteiger partial charge in [0, 0.05) is 0 Å². The molecule has 0 unspecified atom stereocenters. The smallest absolute Gasteiger partial charge is 0.163 e. The average Bonchev–Trinajstić information content (AvgIpc) is 2.36. The van der Waals surface area contributed by atoms with Crippen LogP contribution < -0.4 is 0 Å². The van der Waals surface area contributed by atoms with Crippen LogP contribution in [0.5, 0.6) is 0 Å². The van der Waals surface area contributed by atoms with E-state index in [9.17, 15) is 0 Å². The van der Waals surface area contributed by atoms with Gasteiger partial charge in [0.15, 0.2) is 5.79 Å². The minimum Gasteiger partial charge on any atom is -0.345 e. The minimum absolute atomic E-state index is 0.346. The molecule has 0 N–H and O–H groups in total. The summed E-state index contributed by atoms with van der Waals surface area (Å²) in [5.41, 5.74) is 0. The van der Waals surface area contributed by atoms with Crippen LogP contribution in [0.15, 0.2) is 0 Å². The monoisotopic (exact) mass is 198 g/mol. The third kappa shape index (κ3) is 1.82. The van der Waals surface area contributed by atoms with Crippen LogP contribution in [0, 0.1) is 11.8 Å².